The maximum Gasteiger partial charge on any atom is 0.277 e. The zero-order chi connectivity index (χ0) is 23.9. The van der Waals surface area contributed by atoms with Crippen molar-refractivity contribution < 1.29 is 9.53 Å². The van der Waals surface area contributed by atoms with Crippen LogP contribution in [0.1, 0.15) is 16.8 Å². The predicted octanol–water partition coefficient (Wildman–Crippen LogP) is 4.90. The Morgan fingerprint density at radius 3 is 2.38 bits per heavy atom. The van der Waals surface area contributed by atoms with E-state index in [-0.39, 0.29) is 6.61 Å². The maximum absolute atomic E-state index is 12.1. The summed E-state index contributed by atoms with van der Waals surface area (Å²) in [5.74, 6) is 0.149. The van der Waals surface area contributed by atoms with E-state index in [4.69, 9.17) is 21.6 Å². The van der Waals surface area contributed by atoms with Gasteiger partial charge in [-0.3, -0.25) is 4.79 Å². The van der Waals surface area contributed by atoms with Crippen molar-refractivity contribution in [3.05, 3.63) is 101 Å². The summed E-state index contributed by atoms with van der Waals surface area (Å²) in [4.78, 5) is 12.1. The normalized spacial score (nSPS) is 10.7. The molecule has 8 heteroatoms. The number of rotatable bonds is 7. The van der Waals surface area contributed by atoms with Gasteiger partial charge in [-0.15, -0.1) is 0 Å². The fraction of sp³-hybridized carbons (Fsp3) is 0.0769. The van der Waals surface area contributed by atoms with Crippen LogP contribution in [0.25, 0.3) is 16.8 Å². The Morgan fingerprint density at radius 2 is 1.74 bits per heavy atom. The minimum atomic E-state index is -0.406. The third-order valence-corrected chi connectivity index (χ3v) is 5.37. The molecule has 0 atom stereocenters. The molecule has 0 aliphatic rings. The van der Waals surface area contributed by atoms with Gasteiger partial charge < -0.3 is 4.74 Å². The predicted molar refractivity (Wildman–Crippen MR) is 131 cm³/mol. The van der Waals surface area contributed by atoms with Crippen LogP contribution in [0.5, 0.6) is 5.75 Å². The van der Waals surface area contributed by atoms with Crippen LogP contribution in [0.15, 0.2) is 84.0 Å². The van der Waals surface area contributed by atoms with Crippen molar-refractivity contribution in [3.63, 3.8) is 0 Å². The molecule has 0 spiro atoms. The van der Waals surface area contributed by atoms with Crippen molar-refractivity contribution in [2.45, 2.75) is 6.92 Å². The number of nitriles is 1. The lowest BCUT2D eigenvalue weighted by Gasteiger charge is -2.07. The van der Waals surface area contributed by atoms with E-state index >= 15 is 0 Å². The highest BCUT2D eigenvalue weighted by molar-refractivity contribution is 6.32. The number of hydrazone groups is 1. The number of aryl methyl sites for hydroxylation is 1. The Hall–Kier alpha value is -4.41. The van der Waals surface area contributed by atoms with Crippen LogP contribution in [-0.2, 0) is 4.79 Å². The highest BCUT2D eigenvalue weighted by atomic mass is 35.5. The van der Waals surface area contributed by atoms with Crippen LogP contribution in [0.3, 0.4) is 0 Å². The van der Waals surface area contributed by atoms with Gasteiger partial charge in [0.15, 0.2) is 6.61 Å². The minimum Gasteiger partial charge on any atom is -0.484 e. The Kier molecular flexibility index (Phi) is 7.01. The lowest BCUT2D eigenvalue weighted by Crippen LogP contribution is -2.24. The van der Waals surface area contributed by atoms with Gasteiger partial charge in [-0.2, -0.15) is 15.5 Å². The average molecular weight is 470 g/mol. The molecule has 0 saturated carbocycles. The number of nitrogens with zero attached hydrogens (tertiary/aromatic N) is 4. The number of halogens is 1. The number of amides is 1. The molecule has 0 fully saturated rings. The Bertz CT molecular complexity index is 1360. The molecule has 1 heterocycles. The van der Waals surface area contributed by atoms with E-state index in [1.165, 1.54) is 6.21 Å². The van der Waals surface area contributed by atoms with Crippen molar-refractivity contribution in [2.75, 3.05) is 6.61 Å². The second kappa shape index (κ2) is 10.5. The SMILES string of the molecule is Cc1nn(-c2ccccc2)c(Cl)c1/C=N/NC(=O)COc1ccc(-c2ccc(C#N)cc2)cc1. The van der Waals surface area contributed by atoms with Crippen molar-refractivity contribution in [2.24, 2.45) is 5.10 Å². The van der Waals surface area contributed by atoms with Crippen LogP contribution in [0.2, 0.25) is 5.15 Å². The summed E-state index contributed by atoms with van der Waals surface area (Å²) in [6, 6.07) is 26.3. The van der Waals surface area contributed by atoms with Gasteiger partial charge in [-0.25, -0.2) is 10.1 Å². The largest absolute Gasteiger partial charge is 0.484 e. The van der Waals surface area contributed by atoms with E-state index in [2.05, 4.69) is 21.7 Å². The number of para-hydroxylation sites is 1. The molecule has 0 saturated heterocycles. The first-order valence-corrected chi connectivity index (χ1v) is 10.8. The highest BCUT2D eigenvalue weighted by Crippen LogP contribution is 2.23. The van der Waals surface area contributed by atoms with Crippen LogP contribution in [-0.4, -0.2) is 28.5 Å². The number of ether oxygens (including phenoxy) is 1. The Balaban J connectivity index is 1.31. The van der Waals surface area contributed by atoms with Gasteiger partial charge in [0.25, 0.3) is 5.91 Å². The van der Waals surface area contributed by atoms with Crippen LogP contribution in [0, 0.1) is 18.3 Å². The molecular weight excluding hydrogens is 450 g/mol. The first kappa shape index (κ1) is 22.8. The molecule has 7 nitrogen and oxygen atoms in total. The number of carbonyl (C=O) groups excluding carboxylic acids is 1. The smallest absolute Gasteiger partial charge is 0.277 e. The van der Waals surface area contributed by atoms with Gasteiger partial charge in [-0.05, 0) is 54.4 Å². The first-order chi connectivity index (χ1) is 16.5. The number of hydrogen-bond acceptors (Lipinski definition) is 5. The van der Waals surface area contributed by atoms with E-state index in [0.29, 0.717) is 27.7 Å². The molecule has 0 aliphatic heterocycles. The first-order valence-electron chi connectivity index (χ1n) is 10.4. The van der Waals surface area contributed by atoms with Gasteiger partial charge in [0.05, 0.1) is 34.8 Å². The van der Waals surface area contributed by atoms with E-state index in [9.17, 15) is 4.79 Å². The van der Waals surface area contributed by atoms with Gasteiger partial charge in [0.2, 0.25) is 0 Å². The third kappa shape index (κ3) is 5.31. The van der Waals surface area contributed by atoms with E-state index in [1.807, 2.05) is 61.5 Å². The van der Waals surface area contributed by atoms with Crippen LogP contribution >= 0.6 is 11.6 Å². The molecule has 3 aromatic carbocycles. The van der Waals surface area contributed by atoms with Crippen molar-refractivity contribution >= 4 is 23.7 Å². The summed E-state index contributed by atoms with van der Waals surface area (Å²) < 4.78 is 7.15. The van der Waals surface area contributed by atoms with Crippen molar-refractivity contribution in [1.82, 2.24) is 15.2 Å². The number of benzene rings is 3. The molecule has 0 radical (unpaired) electrons. The fourth-order valence-corrected chi connectivity index (χ4v) is 3.55. The summed E-state index contributed by atoms with van der Waals surface area (Å²) in [6.07, 6.45) is 1.47. The molecule has 4 aromatic rings. The fourth-order valence-electron chi connectivity index (χ4n) is 3.23. The lowest BCUT2D eigenvalue weighted by atomic mass is 10.0. The highest BCUT2D eigenvalue weighted by Gasteiger charge is 2.13. The molecule has 0 aliphatic carbocycles. The summed E-state index contributed by atoms with van der Waals surface area (Å²) >= 11 is 6.45. The number of nitrogens with one attached hydrogen (secondary N) is 1. The van der Waals surface area contributed by atoms with Crippen molar-refractivity contribution in [1.29, 1.82) is 5.26 Å². The third-order valence-electron chi connectivity index (χ3n) is 5.00. The van der Waals surface area contributed by atoms with Gasteiger partial charge in [0, 0.05) is 0 Å². The van der Waals surface area contributed by atoms with E-state index in [1.54, 1.807) is 28.9 Å². The number of hydrogen-bond donors (Lipinski definition) is 1. The molecule has 34 heavy (non-hydrogen) atoms. The minimum absolute atomic E-state index is 0.191. The number of aromatic nitrogens is 2. The topological polar surface area (TPSA) is 92.3 Å². The van der Waals surface area contributed by atoms with Gasteiger partial charge in [-0.1, -0.05) is 54.1 Å². The van der Waals surface area contributed by atoms with E-state index < -0.39 is 5.91 Å². The summed E-state index contributed by atoms with van der Waals surface area (Å²) in [5.41, 5.74) is 7.15. The standard InChI is InChI=1S/C26H20ClN5O2/c1-18-24(26(27)32(31-18)22-5-3-2-4-6-22)16-29-30-25(33)17-34-23-13-11-21(12-14-23)20-9-7-19(15-28)8-10-20/h2-14,16H,17H2,1H3,(H,30,33)/b29-16+. The van der Waals surface area contributed by atoms with Crippen molar-refractivity contribution in [3.8, 4) is 28.6 Å². The van der Waals surface area contributed by atoms with Crippen LogP contribution in [0.4, 0.5) is 0 Å². The average Bonchev–Trinajstić information content (AvgIpc) is 3.17. The Labute approximate surface area is 201 Å². The molecule has 1 aromatic heterocycles. The zero-order valence-electron chi connectivity index (χ0n) is 18.3. The van der Waals surface area contributed by atoms with Gasteiger partial charge >= 0.3 is 0 Å². The molecular formula is C26H20ClN5O2. The monoisotopic (exact) mass is 469 g/mol. The van der Waals surface area contributed by atoms with E-state index in [0.717, 1.165) is 16.8 Å². The molecule has 4 rings (SSSR count). The quantitative estimate of drug-likeness (QED) is 0.307. The molecule has 1 amide bonds. The number of carbonyl (C=O) groups is 1. The molecule has 0 unspecified atom stereocenters. The summed E-state index contributed by atoms with van der Waals surface area (Å²) in [6.45, 7) is 1.63. The second-order valence-electron chi connectivity index (χ2n) is 7.33. The van der Waals surface area contributed by atoms with Gasteiger partial charge in [0.1, 0.15) is 10.9 Å². The van der Waals surface area contributed by atoms with Crippen LogP contribution < -0.4 is 10.2 Å². The maximum atomic E-state index is 12.1. The second-order valence-corrected chi connectivity index (χ2v) is 7.69. The Morgan fingerprint density at radius 1 is 1.09 bits per heavy atom. The summed E-state index contributed by atoms with van der Waals surface area (Å²) in [5, 5.41) is 17.7. The zero-order valence-corrected chi connectivity index (χ0v) is 19.0. The molecule has 0 bridgehead atoms. The summed E-state index contributed by atoms with van der Waals surface area (Å²) in [7, 11) is 0. The lowest BCUT2D eigenvalue weighted by molar-refractivity contribution is -0.123. The molecule has 168 valence electrons. The molecule has 1 N–H and O–H groups in total.